The largest absolute Gasteiger partial charge is 0.416 e. The number of alkyl halides is 3. The normalized spacial score (nSPS) is 20.2. The molecule has 2 unspecified atom stereocenters. The van der Waals surface area contributed by atoms with E-state index in [9.17, 15) is 18.3 Å². The van der Waals surface area contributed by atoms with Crippen LogP contribution in [0.15, 0.2) is 30.3 Å². The highest BCUT2D eigenvalue weighted by Gasteiger charge is 2.30. The summed E-state index contributed by atoms with van der Waals surface area (Å²) in [5, 5.41) is 18.9. The number of hydrogen-bond acceptors (Lipinski definition) is 4. The number of likely N-dealkylation sites (tertiary alicyclic amines) is 1. The highest BCUT2D eigenvalue weighted by molar-refractivity contribution is 5.62. The summed E-state index contributed by atoms with van der Waals surface area (Å²) in [6.07, 6.45) is -3.08. The first-order valence-electron chi connectivity index (χ1n) is 8.64. The van der Waals surface area contributed by atoms with Gasteiger partial charge in [-0.05, 0) is 57.1 Å². The summed E-state index contributed by atoms with van der Waals surface area (Å²) < 4.78 is 38.1. The minimum Gasteiger partial charge on any atom is -0.386 e. The summed E-state index contributed by atoms with van der Waals surface area (Å²) in [5.41, 5.74) is 1.69. The van der Waals surface area contributed by atoms with Crippen LogP contribution in [0.1, 0.15) is 35.8 Å². The Morgan fingerprint density at radius 3 is 2.46 bits per heavy atom. The average molecular weight is 365 g/mol. The van der Waals surface area contributed by atoms with Crippen LogP contribution in [0, 0.1) is 12.8 Å². The zero-order chi connectivity index (χ0) is 18.9. The maximum absolute atomic E-state index is 12.7. The molecular formula is C19H22F3N3O. The van der Waals surface area contributed by atoms with E-state index in [0.717, 1.165) is 43.6 Å². The van der Waals surface area contributed by atoms with Crippen molar-refractivity contribution < 1.29 is 18.3 Å². The van der Waals surface area contributed by atoms with Gasteiger partial charge in [-0.15, -0.1) is 5.10 Å². The number of hydrogen-bond donors (Lipinski definition) is 1. The van der Waals surface area contributed by atoms with Crippen molar-refractivity contribution in [3.05, 3.63) is 47.2 Å². The van der Waals surface area contributed by atoms with Gasteiger partial charge in [0.2, 0.25) is 0 Å². The number of halogens is 3. The molecule has 0 aliphatic carbocycles. The number of nitrogens with zero attached hydrogens (tertiary/aromatic N) is 3. The molecule has 1 aliphatic rings. The second-order valence-corrected chi connectivity index (χ2v) is 6.99. The Labute approximate surface area is 150 Å². The Bertz CT molecular complexity index is 762. The maximum atomic E-state index is 12.7. The molecule has 1 aliphatic heterocycles. The van der Waals surface area contributed by atoms with Crippen molar-refractivity contribution in [1.82, 2.24) is 15.1 Å². The van der Waals surface area contributed by atoms with Gasteiger partial charge in [-0.3, -0.25) is 0 Å². The van der Waals surface area contributed by atoms with E-state index >= 15 is 0 Å². The number of aliphatic hydroxyl groups is 1. The van der Waals surface area contributed by atoms with Crippen molar-refractivity contribution in [3.8, 4) is 11.3 Å². The third-order valence-electron chi connectivity index (χ3n) is 4.90. The van der Waals surface area contributed by atoms with Gasteiger partial charge < -0.3 is 10.0 Å². The zero-order valence-corrected chi connectivity index (χ0v) is 14.8. The summed E-state index contributed by atoms with van der Waals surface area (Å²) >= 11 is 0. The smallest absolute Gasteiger partial charge is 0.386 e. The monoisotopic (exact) mass is 365 g/mol. The van der Waals surface area contributed by atoms with E-state index in [1.165, 1.54) is 12.1 Å². The van der Waals surface area contributed by atoms with E-state index in [4.69, 9.17) is 0 Å². The first-order chi connectivity index (χ1) is 12.3. The predicted molar refractivity (Wildman–Crippen MR) is 92.4 cm³/mol. The van der Waals surface area contributed by atoms with Gasteiger partial charge in [-0.1, -0.05) is 12.1 Å². The van der Waals surface area contributed by atoms with Gasteiger partial charge in [0.1, 0.15) is 6.10 Å². The molecular weight excluding hydrogens is 343 g/mol. The molecule has 4 nitrogen and oxygen atoms in total. The van der Waals surface area contributed by atoms with Gasteiger partial charge in [-0.2, -0.15) is 18.3 Å². The van der Waals surface area contributed by atoms with Crippen LogP contribution in [0.2, 0.25) is 0 Å². The molecule has 0 radical (unpaired) electrons. The van der Waals surface area contributed by atoms with E-state index in [-0.39, 0.29) is 5.92 Å². The fraction of sp³-hybridized carbons (Fsp3) is 0.474. The van der Waals surface area contributed by atoms with E-state index in [0.29, 0.717) is 17.0 Å². The SMILES string of the molecule is Cc1cc(C(O)C2CCCN(C)C2)nnc1-c1ccc(C(F)(F)F)cc1. The molecule has 1 fully saturated rings. The molecule has 2 heterocycles. The average Bonchev–Trinajstić information content (AvgIpc) is 2.60. The molecule has 1 saturated heterocycles. The zero-order valence-electron chi connectivity index (χ0n) is 14.8. The van der Waals surface area contributed by atoms with Crippen molar-refractivity contribution in [3.63, 3.8) is 0 Å². The van der Waals surface area contributed by atoms with Gasteiger partial charge in [0.25, 0.3) is 0 Å². The van der Waals surface area contributed by atoms with E-state index in [1.54, 1.807) is 6.07 Å². The van der Waals surface area contributed by atoms with E-state index in [2.05, 4.69) is 15.1 Å². The van der Waals surface area contributed by atoms with Gasteiger partial charge in [0.15, 0.2) is 0 Å². The van der Waals surface area contributed by atoms with Crippen molar-refractivity contribution in [1.29, 1.82) is 0 Å². The lowest BCUT2D eigenvalue weighted by atomic mass is 9.90. The van der Waals surface area contributed by atoms with Crippen LogP contribution in [0.4, 0.5) is 13.2 Å². The fourth-order valence-corrected chi connectivity index (χ4v) is 3.46. The molecule has 1 aromatic heterocycles. The predicted octanol–water partition coefficient (Wildman–Crippen LogP) is 3.85. The van der Waals surface area contributed by atoms with E-state index in [1.807, 2.05) is 14.0 Å². The van der Waals surface area contributed by atoms with Crippen LogP contribution in [0.25, 0.3) is 11.3 Å². The van der Waals surface area contributed by atoms with Crippen LogP contribution < -0.4 is 0 Å². The molecule has 1 aromatic carbocycles. The second-order valence-electron chi connectivity index (χ2n) is 6.99. The number of aryl methyl sites for hydroxylation is 1. The van der Waals surface area contributed by atoms with Crippen LogP contribution >= 0.6 is 0 Å². The first-order valence-corrected chi connectivity index (χ1v) is 8.64. The lowest BCUT2D eigenvalue weighted by Crippen LogP contribution is -2.35. The second kappa shape index (κ2) is 7.32. The van der Waals surface area contributed by atoms with Crippen molar-refractivity contribution in [2.75, 3.05) is 20.1 Å². The van der Waals surface area contributed by atoms with Crippen LogP contribution in [0.5, 0.6) is 0 Å². The molecule has 0 spiro atoms. The summed E-state index contributed by atoms with van der Waals surface area (Å²) in [6.45, 7) is 3.66. The van der Waals surface area contributed by atoms with Crippen molar-refractivity contribution in [2.45, 2.75) is 32.0 Å². The van der Waals surface area contributed by atoms with Crippen molar-refractivity contribution in [2.24, 2.45) is 5.92 Å². The molecule has 26 heavy (non-hydrogen) atoms. The summed E-state index contributed by atoms with van der Waals surface area (Å²) in [6, 6.07) is 6.64. The minimum atomic E-state index is -4.36. The highest BCUT2D eigenvalue weighted by atomic mass is 19.4. The van der Waals surface area contributed by atoms with Crippen LogP contribution in [-0.4, -0.2) is 40.3 Å². The number of aromatic nitrogens is 2. The Hall–Kier alpha value is -1.99. The third kappa shape index (κ3) is 4.04. The minimum absolute atomic E-state index is 0.111. The molecule has 140 valence electrons. The molecule has 7 heteroatoms. The van der Waals surface area contributed by atoms with Gasteiger partial charge in [0, 0.05) is 18.0 Å². The molecule has 1 N–H and O–H groups in total. The highest BCUT2D eigenvalue weighted by Crippen LogP contribution is 2.32. The molecule has 2 atom stereocenters. The molecule has 2 aromatic rings. The number of rotatable bonds is 3. The molecule has 0 amide bonds. The summed E-state index contributed by atoms with van der Waals surface area (Å²) in [5.74, 6) is 0.111. The van der Waals surface area contributed by atoms with Gasteiger partial charge in [-0.25, -0.2) is 0 Å². The topological polar surface area (TPSA) is 49.2 Å². The lowest BCUT2D eigenvalue weighted by molar-refractivity contribution is -0.137. The maximum Gasteiger partial charge on any atom is 0.416 e. The molecule has 0 bridgehead atoms. The Morgan fingerprint density at radius 2 is 1.88 bits per heavy atom. The number of aliphatic hydroxyl groups excluding tert-OH is 1. The summed E-state index contributed by atoms with van der Waals surface area (Å²) in [7, 11) is 2.03. The van der Waals surface area contributed by atoms with Crippen molar-refractivity contribution >= 4 is 0 Å². The Balaban J connectivity index is 1.81. The fourth-order valence-electron chi connectivity index (χ4n) is 3.46. The lowest BCUT2D eigenvalue weighted by Gasteiger charge is -2.32. The standard InChI is InChI=1S/C19H22F3N3O/c1-12-10-16(18(26)14-4-3-9-25(2)11-14)23-24-17(12)13-5-7-15(8-6-13)19(20,21)22/h5-8,10,14,18,26H,3-4,9,11H2,1-2H3. The first kappa shape index (κ1) is 18.8. The Morgan fingerprint density at radius 1 is 1.19 bits per heavy atom. The summed E-state index contributed by atoms with van der Waals surface area (Å²) in [4.78, 5) is 2.19. The number of piperidine rings is 1. The number of benzene rings is 1. The van der Waals surface area contributed by atoms with Crippen LogP contribution in [-0.2, 0) is 6.18 Å². The third-order valence-corrected chi connectivity index (χ3v) is 4.90. The van der Waals surface area contributed by atoms with Gasteiger partial charge in [0.05, 0.1) is 17.0 Å². The Kier molecular flexibility index (Phi) is 5.29. The quantitative estimate of drug-likeness (QED) is 0.898. The van der Waals surface area contributed by atoms with Gasteiger partial charge >= 0.3 is 6.18 Å². The van der Waals surface area contributed by atoms with E-state index < -0.39 is 17.8 Å². The van der Waals surface area contributed by atoms with Crippen LogP contribution in [0.3, 0.4) is 0 Å². The molecule has 3 rings (SSSR count). The molecule has 0 saturated carbocycles.